The van der Waals surface area contributed by atoms with Gasteiger partial charge in [0.15, 0.2) is 0 Å². The minimum absolute atomic E-state index is 0.0967. The molecule has 1 saturated heterocycles. The molecule has 218 valence electrons. The van der Waals surface area contributed by atoms with Crippen molar-refractivity contribution in [1.29, 1.82) is 0 Å². The fourth-order valence-electron chi connectivity index (χ4n) is 5.79. The molecule has 0 spiro atoms. The highest BCUT2D eigenvalue weighted by atomic mass is 32.1. The molecule has 8 heteroatoms. The Kier molecular flexibility index (Phi) is 11.2. The first-order valence-corrected chi connectivity index (χ1v) is 16.1. The monoisotopic (exact) mass is 565 g/mol. The molecule has 3 heterocycles. The van der Waals surface area contributed by atoms with Crippen LogP contribution in [0.2, 0.25) is 0 Å². The van der Waals surface area contributed by atoms with Gasteiger partial charge in [-0.05, 0) is 100 Å². The number of amides is 2. The molecule has 1 aliphatic rings. The van der Waals surface area contributed by atoms with Gasteiger partial charge in [0, 0.05) is 29.4 Å². The van der Waals surface area contributed by atoms with E-state index in [1.54, 1.807) is 11.3 Å². The van der Waals surface area contributed by atoms with Crippen LogP contribution in [0.5, 0.6) is 0 Å². The third-order valence-electron chi connectivity index (χ3n) is 7.97. The Morgan fingerprint density at radius 3 is 2.52 bits per heavy atom. The van der Waals surface area contributed by atoms with Crippen LogP contribution in [0.3, 0.4) is 0 Å². The molecule has 7 nitrogen and oxygen atoms in total. The smallest absolute Gasteiger partial charge is 0.252 e. The van der Waals surface area contributed by atoms with E-state index in [9.17, 15) is 9.59 Å². The zero-order chi connectivity index (χ0) is 28.5. The summed E-state index contributed by atoms with van der Waals surface area (Å²) < 4.78 is 2.36. The van der Waals surface area contributed by atoms with Gasteiger partial charge in [0.25, 0.3) is 5.91 Å². The number of aromatic nitrogens is 2. The standard InChI is InChI=1S/C32H47N5O2S/c1-5-25(6-2)37-29-14-13-24(21-27(29)34-30(37)22-26-12-11-19-40-26)31(38)35-28(20-23(3)4)32(39)33-15-7-8-16-36-17-9-10-18-36/h11-14,19,21,23,25,28H,5-10,15-18,20,22H2,1-4H3,(H,33,39)(H,35,38)/t28-/m0/s1. The van der Waals surface area contributed by atoms with Crippen molar-refractivity contribution in [1.82, 2.24) is 25.1 Å². The van der Waals surface area contributed by atoms with Crippen molar-refractivity contribution in [3.8, 4) is 0 Å². The summed E-state index contributed by atoms with van der Waals surface area (Å²) in [6.45, 7) is 12.7. The number of carbonyl (C=O) groups excluding carboxylic acids is 2. The summed E-state index contributed by atoms with van der Waals surface area (Å²) in [4.78, 5) is 35.2. The number of carbonyl (C=O) groups is 2. The second kappa shape index (κ2) is 14.8. The molecular weight excluding hydrogens is 518 g/mol. The number of thiophene rings is 1. The molecule has 0 unspecified atom stereocenters. The van der Waals surface area contributed by atoms with Crippen molar-refractivity contribution in [3.05, 3.63) is 52.0 Å². The Balaban J connectivity index is 1.44. The fourth-order valence-corrected chi connectivity index (χ4v) is 6.49. The number of unbranched alkanes of at least 4 members (excludes halogenated alkanes) is 1. The maximum Gasteiger partial charge on any atom is 0.252 e. The highest BCUT2D eigenvalue weighted by Gasteiger charge is 2.24. The van der Waals surface area contributed by atoms with E-state index >= 15 is 0 Å². The summed E-state index contributed by atoms with van der Waals surface area (Å²) in [7, 11) is 0. The predicted octanol–water partition coefficient (Wildman–Crippen LogP) is 6.19. The molecule has 40 heavy (non-hydrogen) atoms. The van der Waals surface area contributed by atoms with E-state index in [0.29, 0.717) is 24.6 Å². The predicted molar refractivity (Wildman–Crippen MR) is 165 cm³/mol. The van der Waals surface area contributed by atoms with Gasteiger partial charge in [0.05, 0.1) is 11.0 Å². The van der Waals surface area contributed by atoms with Gasteiger partial charge >= 0.3 is 0 Å². The third-order valence-corrected chi connectivity index (χ3v) is 8.85. The van der Waals surface area contributed by atoms with Gasteiger partial charge in [-0.15, -0.1) is 11.3 Å². The molecule has 1 aliphatic heterocycles. The minimum Gasteiger partial charge on any atom is -0.354 e. The summed E-state index contributed by atoms with van der Waals surface area (Å²) in [6.07, 6.45) is 8.05. The Bertz CT molecular complexity index is 1230. The van der Waals surface area contributed by atoms with E-state index in [0.717, 1.165) is 55.5 Å². The molecule has 2 aromatic heterocycles. The Morgan fingerprint density at radius 1 is 1.07 bits per heavy atom. The summed E-state index contributed by atoms with van der Waals surface area (Å²) >= 11 is 1.74. The lowest BCUT2D eigenvalue weighted by Gasteiger charge is -2.21. The molecule has 0 saturated carbocycles. The normalized spacial score (nSPS) is 14.8. The third kappa shape index (κ3) is 7.94. The highest BCUT2D eigenvalue weighted by molar-refractivity contribution is 7.09. The van der Waals surface area contributed by atoms with Crippen LogP contribution in [-0.4, -0.2) is 58.5 Å². The lowest BCUT2D eigenvalue weighted by Crippen LogP contribution is -2.47. The van der Waals surface area contributed by atoms with Crippen LogP contribution in [0, 0.1) is 5.92 Å². The SMILES string of the molecule is CCC(CC)n1c(Cc2cccs2)nc2cc(C(=O)N[C@@H](CC(C)C)C(=O)NCCCCN3CCCC3)ccc21. The van der Waals surface area contributed by atoms with Gasteiger partial charge in [0.2, 0.25) is 5.91 Å². The number of rotatable bonds is 15. The van der Waals surface area contributed by atoms with Crippen molar-refractivity contribution in [3.63, 3.8) is 0 Å². The summed E-state index contributed by atoms with van der Waals surface area (Å²) in [6, 6.07) is 9.79. The maximum atomic E-state index is 13.4. The number of likely N-dealkylation sites (tertiary alicyclic amines) is 1. The summed E-state index contributed by atoms with van der Waals surface area (Å²) in [5, 5.41) is 8.19. The van der Waals surface area contributed by atoms with Gasteiger partial charge in [-0.2, -0.15) is 0 Å². The first-order chi connectivity index (χ1) is 19.4. The summed E-state index contributed by atoms with van der Waals surface area (Å²) in [5.41, 5.74) is 2.42. The highest BCUT2D eigenvalue weighted by Crippen LogP contribution is 2.28. The Labute approximate surface area is 243 Å². The van der Waals surface area contributed by atoms with Crippen molar-refractivity contribution >= 4 is 34.2 Å². The largest absolute Gasteiger partial charge is 0.354 e. The van der Waals surface area contributed by atoms with Crippen LogP contribution in [0.1, 0.15) is 99.7 Å². The van der Waals surface area contributed by atoms with Gasteiger partial charge in [-0.25, -0.2) is 4.98 Å². The number of hydrogen-bond acceptors (Lipinski definition) is 5. The molecule has 2 N–H and O–H groups in total. The Hall–Kier alpha value is -2.71. The quantitative estimate of drug-likeness (QED) is 0.216. The molecule has 2 amide bonds. The molecule has 4 rings (SSSR count). The molecule has 0 radical (unpaired) electrons. The van der Waals surface area contributed by atoms with Crippen LogP contribution in [0.25, 0.3) is 11.0 Å². The van der Waals surface area contributed by atoms with E-state index < -0.39 is 6.04 Å². The number of hydrogen-bond donors (Lipinski definition) is 2. The van der Waals surface area contributed by atoms with Gasteiger partial charge < -0.3 is 20.1 Å². The molecular formula is C32H47N5O2S. The Morgan fingerprint density at radius 2 is 1.85 bits per heavy atom. The van der Waals surface area contributed by atoms with Crippen molar-refractivity contribution in [2.24, 2.45) is 5.92 Å². The first kappa shape index (κ1) is 30.3. The van der Waals surface area contributed by atoms with Crippen molar-refractivity contribution in [2.45, 2.75) is 91.1 Å². The number of fused-ring (bicyclic) bond motifs is 1. The van der Waals surface area contributed by atoms with Crippen LogP contribution in [0.4, 0.5) is 0 Å². The van der Waals surface area contributed by atoms with Gasteiger partial charge in [-0.3, -0.25) is 9.59 Å². The molecule has 0 aliphatic carbocycles. The van der Waals surface area contributed by atoms with E-state index in [1.807, 2.05) is 18.2 Å². The van der Waals surface area contributed by atoms with Gasteiger partial charge in [0.1, 0.15) is 11.9 Å². The van der Waals surface area contributed by atoms with Crippen LogP contribution >= 0.6 is 11.3 Å². The number of imidazole rings is 1. The molecule has 1 fully saturated rings. The zero-order valence-corrected chi connectivity index (χ0v) is 25.6. The van der Waals surface area contributed by atoms with Crippen LogP contribution < -0.4 is 10.6 Å². The minimum atomic E-state index is -0.557. The first-order valence-electron chi connectivity index (χ1n) is 15.2. The molecule has 1 atom stereocenters. The number of nitrogens with zero attached hydrogens (tertiary/aromatic N) is 3. The number of nitrogens with one attached hydrogen (secondary N) is 2. The second-order valence-electron chi connectivity index (χ2n) is 11.5. The average Bonchev–Trinajstić information content (AvgIpc) is 3.71. The van der Waals surface area contributed by atoms with Gasteiger partial charge in [-0.1, -0.05) is 33.8 Å². The van der Waals surface area contributed by atoms with Crippen molar-refractivity contribution in [2.75, 3.05) is 26.2 Å². The van der Waals surface area contributed by atoms with Crippen molar-refractivity contribution < 1.29 is 9.59 Å². The zero-order valence-electron chi connectivity index (χ0n) is 24.7. The number of benzene rings is 1. The molecule has 1 aromatic carbocycles. The van der Waals surface area contributed by atoms with E-state index in [1.165, 1.54) is 30.8 Å². The fraction of sp³-hybridized carbons (Fsp3) is 0.594. The van der Waals surface area contributed by atoms with E-state index in [-0.39, 0.29) is 17.7 Å². The van der Waals surface area contributed by atoms with E-state index in [4.69, 9.17) is 4.98 Å². The topological polar surface area (TPSA) is 79.3 Å². The molecule has 0 bridgehead atoms. The lowest BCUT2D eigenvalue weighted by atomic mass is 10.0. The van der Waals surface area contributed by atoms with Crippen LogP contribution in [0.15, 0.2) is 35.7 Å². The lowest BCUT2D eigenvalue weighted by molar-refractivity contribution is -0.123. The van der Waals surface area contributed by atoms with Crippen LogP contribution in [-0.2, 0) is 11.2 Å². The molecule has 3 aromatic rings. The second-order valence-corrected chi connectivity index (χ2v) is 12.6. The average molecular weight is 566 g/mol. The maximum absolute atomic E-state index is 13.4. The van der Waals surface area contributed by atoms with E-state index in [2.05, 4.69) is 65.3 Å². The summed E-state index contributed by atoms with van der Waals surface area (Å²) in [5.74, 6) is 0.990.